The van der Waals surface area contributed by atoms with E-state index in [0.29, 0.717) is 11.6 Å². The number of carbonyl (C=O) groups is 1. The maximum absolute atomic E-state index is 10.1. The molecule has 0 bridgehead atoms. The van der Waals surface area contributed by atoms with E-state index < -0.39 is 5.97 Å². The minimum atomic E-state index is -0.773. The largest absolute Gasteiger partial charge is 0.480 e. The van der Waals surface area contributed by atoms with Gasteiger partial charge >= 0.3 is 5.97 Å². The number of thioether (sulfide) groups is 1. The first kappa shape index (κ1) is 9.11. The molecule has 0 rings (SSSR count). The Balaban J connectivity index is 3.27. The molecule has 0 heterocycles. The Morgan fingerprint density at radius 2 is 2.44 bits per heavy atom. The molecule has 2 nitrogen and oxygen atoms in total. The van der Waals surface area contributed by atoms with Gasteiger partial charge in [0.2, 0.25) is 0 Å². The molecule has 0 aliphatic heterocycles. The molecule has 0 aliphatic rings. The van der Waals surface area contributed by atoms with Crippen molar-refractivity contribution in [1.82, 2.24) is 0 Å². The molecule has 0 amide bonds. The quantitative estimate of drug-likeness (QED) is 0.646. The van der Waals surface area contributed by atoms with Gasteiger partial charge in [-0.3, -0.25) is 4.79 Å². The maximum atomic E-state index is 10.1. The normalized spacial score (nSPS) is 13.1. The van der Waals surface area contributed by atoms with E-state index in [9.17, 15) is 4.79 Å². The van der Waals surface area contributed by atoms with Crippen molar-refractivity contribution in [1.29, 1.82) is 0 Å². The predicted octanol–water partition coefficient (Wildman–Crippen LogP) is 1.43. The number of aliphatic carboxylic acids is 1. The third kappa shape index (κ3) is 4.60. The summed E-state index contributed by atoms with van der Waals surface area (Å²) in [4.78, 5) is 10.1. The molecule has 0 spiro atoms. The van der Waals surface area contributed by atoms with E-state index in [2.05, 4.69) is 0 Å². The molecular formula is C5H9ClO2S. The summed E-state index contributed by atoms with van der Waals surface area (Å²) in [5, 5.41) is 8.01. The number of alkyl halides is 1. The van der Waals surface area contributed by atoms with Gasteiger partial charge in [0, 0.05) is 11.6 Å². The molecule has 1 unspecified atom stereocenters. The van der Waals surface area contributed by atoms with Crippen LogP contribution in [0.15, 0.2) is 0 Å². The van der Waals surface area contributed by atoms with Crippen LogP contribution in [0.5, 0.6) is 0 Å². The van der Waals surface area contributed by atoms with Crippen molar-refractivity contribution in [3.8, 4) is 0 Å². The number of rotatable bonds is 4. The van der Waals surface area contributed by atoms with Crippen LogP contribution in [0.25, 0.3) is 0 Å². The minimum absolute atomic E-state index is 0.330. The number of hydrogen-bond acceptors (Lipinski definition) is 2. The van der Waals surface area contributed by atoms with Crippen molar-refractivity contribution in [2.75, 3.05) is 11.6 Å². The Hall–Kier alpha value is 0.110. The molecule has 9 heavy (non-hydrogen) atoms. The Morgan fingerprint density at radius 3 is 2.78 bits per heavy atom. The van der Waals surface area contributed by atoms with Gasteiger partial charge in [-0.15, -0.1) is 23.4 Å². The van der Waals surface area contributed by atoms with Crippen LogP contribution in [0.2, 0.25) is 0 Å². The van der Waals surface area contributed by atoms with Crippen molar-refractivity contribution >= 4 is 29.3 Å². The molecule has 54 valence electrons. The van der Waals surface area contributed by atoms with Gasteiger partial charge < -0.3 is 5.11 Å². The fourth-order valence-electron chi connectivity index (χ4n) is 0.293. The van der Waals surface area contributed by atoms with Gasteiger partial charge in [-0.25, -0.2) is 0 Å². The molecule has 0 radical (unpaired) electrons. The summed E-state index contributed by atoms with van der Waals surface area (Å²) in [5.74, 6) is 0.447. The molecular weight excluding hydrogens is 160 g/mol. The lowest BCUT2D eigenvalue weighted by atomic mass is 10.5. The van der Waals surface area contributed by atoms with E-state index in [1.807, 2.05) is 0 Å². The van der Waals surface area contributed by atoms with Gasteiger partial charge in [-0.1, -0.05) is 0 Å². The Bertz CT molecular complexity index is 97.0. The zero-order valence-corrected chi connectivity index (χ0v) is 6.71. The van der Waals surface area contributed by atoms with Crippen molar-refractivity contribution in [2.24, 2.45) is 0 Å². The average molecular weight is 169 g/mol. The number of carboxylic acids is 1. The van der Waals surface area contributed by atoms with Gasteiger partial charge in [0.25, 0.3) is 0 Å². The lowest BCUT2D eigenvalue weighted by Gasteiger charge is -2.01. The molecule has 0 aromatic carbocycles. The Morgan fingerprint density at radius 1 is 1.89 bits per heavy atom. The average Bonchev–Trinajstić information content (AvgIpc) is 1.82. The molecule has 1 N–H and O–H groups in total. The smallest absolute Gasteiger partial charge is 0.316 e. The zero-order valence-electron chi connectivity index (χ0n) is 5.13. The van der Waals surface area contributed by atoms with Crippen LogP contribution in [0.4, 0.5) is 0 Å². The van der Waals surface area contributed by atoms with Crippen LogP contribution in [-0.2, 0) is 4.79 Å². The second kappa shape index (κ2) is 4.94. The van der Waals surface area contributed by atoms with Gasteiger partial charge in [-0.2, -0.15) is 0 Å². The fraction of sp³-hybridized carbons (Fsp3) is 0.800. The van der Waals surface area contributed by atoms with E-state index in [4.69, 9.17) is 16.7 Å². The summed E-state index contributed by atoms with van der Waals surface area (Å²) in [7, 11) is 0. The van der Waals surface area contributed by atoms with Gasteiger partial charge in [-0.05, 0) is 6.92 Å². The minimum Gasteiger partial charge on any atom is -0.480 e. The lowest BCUT2D eigenvalue weighted by Crippen LogP contribution is -2.12. The van der Waals surface area contributed by atoms with E-state index in [-0.39, 0.29) is 5.25 Å². The molecule has 0 aliphatic carbocycles. The van der Waals surface area contributed by atoms with E-state index in [1.165, 1.54) is 11.8 Å². The second-order valence-corrected chi connectivity index (χ2v) is 3.37. The summed E-state index contributed by atoms with van der Waals surface area (Å²) in [6.45, 7) is 1.65. The van der Waals surface area contributed by atoms with Crippen LogP contribution in [0.3, 0.4) is 0 Å². The van der Waals surface area contributed by atoms with Crippen LogP contribution < -0.4 is 0 Å². The first-order chi connectivity index (χ1) is 4.18. The van der Waals surface area contributed by atoms with Crippen molar-refractivity contribution < 1.29 is 9.90 Å². The molecule has 0 aromatic rings. The number of hydrogen-bond donors (Lipinski definition) is 1. The highest BCUT2D eigenvalue weighted by atomic mass is 35.5. The monoisotopic (exact) mass is 168 g/mol. The number of halogens is 1. The third-order valence-electron chi connectivity index (χ3n) is 0.793. The number of carboxylic acid groups (broad SMARTS) is 1. The van der Waals surface area contributed by atoms with Crippen molar-refractivity contribution in [3.05, 3.63) is 0 Å². The third-order valence-corrected chi connectivity index (χ3v) is 2.35. The zero-order chi connectivity index (χ0) is 7.28. The standard InChI is InChI=1S/C5H9ClO2S/c1-4(5(7)8)9-3-2-6/h4H,2-3H2,1H3,(H,7,8). The van der Waals surface area contributed by atoms with E-state index in [0.717, 1.165) is 0 Å². The summed E-state index contributed by atoms with van der Waals surface area (Å²) >= 11 is 6.69. The van der Waals surface area contributed by atoms with Crippen molar-refractivity contribution in [3.63, 3.8) is 0 Å². The fourth-order valence-corrected chi connectivity index (χ4v) is 1.15. The lowest BCUT2D eigenvalue weighted by molar-refractivity contribution is -0.136. The summed E-state index contributed by atoms with van der Waals surface area (Å²) in [6.07, 6.45) is 0. The van der Waals surface area contributed by atoms with Crippen LogP contribution in [0, 0.1) is 0 Å². The topological polar surface area (TPSA) is 37.3 Å². The molecule has 1 atom stereocenters. The summed E-state index contributed by atoms with van der Waals surface area (Å²) in [6, 6.07) is 0. The van der Waals surface area contributed by atoms with Crippen LogP contribution in [0.1, 0.15) is 6.92 Å². The highest BCUT2D eigenvalue weighted by molar-refractivity contribution is 8.00. The Kier molecular flexibility index (Phi) is 5.00. The van der Waals surface area contributed by atoms with Gasteiger partial charge in [0.1, 0.15) is 0 Å². The Labute approximate surface area is 63.6 Å². The van der Waals surface area contributed by atoms with Crippen LogP contribution in [-0.4, -0.2) is 28.0 Å². The molecule has 0 fully saturated rings. The van der Waals surface area contributed by atoms with Crippen LogP contribution >= 0.6 is 23.4 Å². The molecule has 0 aromatic heterocycles. The van der Waals surface area contributed by atoms with Gasteiger partial charge in [0.15, 0.2) is 0 Å². The first-order valence-electron chi connectivity index (χ1n) is 2.59. The second-order valence-electron chi connectivity index (χ2n) is 1.54. The van der Waals surface area contributed by atoms with Gasteiger partial charge in [0.05, 0.1) is 5.25 Å². The molecule has 0 saturated carbocycles. The summed E-state index contributed by atoms with van der Waals surface area (Å²) < 4.78 is 0. The molecule has 0 saturated heterocycles. The van der Waals surface area contributed by atoms with E-state index in [1.54, 1.807) is 6.92 Å². The van der Waals surface area contributed by atoms with E-state index >= 15 is 0 Å². The highest BCUT2D eigenvalue weighted by Crippen LogP contribution is 2.09. The van der Waals surface area contributed by atoms with Crippen molar-refractivity contribution in [2.45, 2.75) is 12.2 Å². The SMILES string of the molecule is CC(SCCCl)C(=O)O. The first-order valence-corrected chi connectivity index (χ1v) is 4.17. The highest BCUT2D eigenvalue weighted by Gasteiger charge is 2.09. The predicted molar refractivity (Wildman–Crippen MR) is 40.3 cm³/mol. The maximum Gasteiger partial charge on any atom is 0.316 e. The molecule has 4 heteroatoms. The summed E-state index contributed by atoms with van der Waals surface area (Å²) in [5.41, 5.74) is 0.